The number of hydrogen-bond acceptors (Lipinski definition) is 5. The largest absolute Gasteiger partial charge is 0.497 e. The summed E-state index contributed by atoms with van der Waals surface area (Å²) in [5.41, 5.74) is 2.65. The van der Waals surface area contributed by atoms with Crippen molar-refractivity contribution in [3.05, 3.63) is 42.5 Å². The summed E-state index contributed by atoms with van der Waals surface area (Å²) in [6.45, 7) is 0. The molecular weight excluding hydrogens is 350 g/mol. The Morgan fingerprint density at radius 1 is 1.15 bits per heavy atom. The molecule has 0 atom stereocenters. The van der Waals surface area contributed by atoms with E-state index in [9.17, 15) is 4.79 Å². The van der Waals surface area contributed by atoms with E-state index >= 15 is 0 Å². The highest BCUT2D eigenvalue weighted by molar-refractivity contribution is 7.99. The number of thioether (sulfide) groups is 1. The summed E-state index contributed by atoms with van der Waals surface area (Å²) in [5, 5.41) is 3.76. The number of ether oxygens (including phenoxy) is 2. The molecule has 3 aromatic rings. The normalized spacial score (nSPS) is 10.7. The van der Waals surface area contributed by atoms with Gasteiger partial charge >= 0.3 is 0 Å². The van der Waals surface area contributed by atoms with Gasteiger partial charge < -0.3 is 19.8 Å². The van der Waals surface area contributed by atoms with Crippen LogP contribution in [0.25, 0.3) is 11.0 Å². The number of para-hydroxylation sites is 2. The molecule has 136 valence electrons. The Kier molecular flexibility index (Phi) is 6.01. The molecule has 1 amide bonds. The van der Waals surface area contributed by atoms with E-state index < -0.39 is 0 Å². The Labute approximate surface area is 156 Å². The van der Waals surface area contributed by atoms with Crippen molar-refractivity contribution in [3.63, 3.8) is 0 Å². The summed E-state index contributed by atoms with van der Waals surface area (Å²) in [7, 11) is 3.16. The summed E-state index contributed by atoms with van der Waals surface area (Å²) < 4.78 is 10.4. The SMILES string of the molecule is COc1cc(NC(=O)CCCSc2nc3ccccc3[nH]2)cc(OC)c1. The van der Waals surface area contributed by atoms with Crippen LogP contribution in [0.2, 0.25) is 0 Å². The topological polar surface area (TPSA) is 76.2 Å². The van der Waals surface area contributed by atoms with Crippen LogP contribution in [0.4, 0.5) is 5.69 Å². The van der Waals surface area contributed by atoms with E-state index in [0.29, 0.717) is 23.6 Å². The van der Waals surface area contributed by atoms with Gasteiger partial charge in [-0.25, -0.2) is 4.98 Å². The standard InChI is InChI=1S/C19H21N3O3S/c1-24-14-10-13(11-15(12-14)25-2)20-18(23)8-5-9-26-19-21-16-6-3-4-7-17(16)22-19/h3-4,6-7,10-12H,5,8-9H2,1-2H3,(H,20,23)(H,21,22). The second kappa shape index (κ2) is 8.62. The zero-order chi connectivity index (χ0) is 18.4. The Balaban J connectivity index is 1.47. The van der Waals surface area contributed by atoms with Crippen LogP contribution in [0.5, 0.6) is 11.5 Å². The van der Waals surface area contributed by atoms with Crippen LogP contribution in [0.15, 0.2) is 47.6 Å². The number of fused-ring (bicyclic) bond motifs is 1. The van der Waals surface area contributed by atoms with Crippen LogP contribution in [-0.4, -0.2) is 35.8 Å². The number of methoxy groups -OCH3 is 2. The molecule has 6 nitrogen and oxygen atoms in total. The van der Waals surface area contributed by atoms with E-state index in [1.165, 1.54) is 0 Å². The van der Waals surface area contributed by atoms with Crippen LogP contribution in [0, 0.1) is 0 Å². The van der Waals surface area contributed by atoms with Gasteiger partial charge in [0.25, 0.3) is 0 Å². The fraction of sp³-hybridized carbons (Fsp3) is 0.263. The van der Waals surface area contributed by atoms with Crippen LogP contribution in [-0.2, 0) is 4.79 Å². The number of benzene rings is 2. The zero-order valence-electron chi connectivity index (χ0n) is 14.7. The molecule has 0 saturated carbocycles. The van der Waals surface area contributed by atoms with Crippen LogP contribution in [0.3, 0.4) is 0 Å². The third-order valence-corrected chi connectivity index (χ3v) is 4.75. The van der Waals surface area contributed by atoms with Crippen molar-refractivity contribution < 1.29 is 14.3 Å². The lowest BCUT2D eigenvalue weighted by atomic mass is 10.2. The van der Waals surface area contributed by atoms with Crippen LogP contribution in [0.1, 0.15) is 12.8 Å². The molecule has 3 rings (SSSR count). The van der Waals surface area contributed by atoms with Crippen molar-refractivity contribution in [2.24, 2.45) is 0 Å². The third kappa shape index (κ3) is 4.70. The maximum atomic E-state index is 12.1. The molecule has 0 aliphatic rings. The molecule has 0 aliphatic heterocycles. The Morgan fingerprint density at radius 2 is 1.88 bits per heavy atom. The first-order valence-electron chi connectivity index (χ1n) is 8.28. The van der Waals surface area contributed by atoms with E-state index in [2.05, 4.69) is 15.3 Å². The predicted molar refractivity (Wildman–Crippen MR) is 104 cm³/mol. The second-order valence-electron chi connectivity index (χ2n) is 5.66. The summed E-state index contributed by atoms with van der Waals surface area (Å²) in [4.78, 5) is 19.9. The van der Waals surface area contributed by atoms with Gasteiger partial charge in [0, 0.05) is 36.1 Å². The van der Waals surface area contributed by atoms with Crippen molar-refractivity contribution in [2.45, 2.75) is 18.0 Å². The summed E-state index contributed by atoms with van der Waals surface area (Å²) >= 11 is 1.62. The highest BCUT2D eigenvalue weighted by atomic mass is 32.2. The molecule has 0 saturated heterocycles. The summed E-state index contributed by atoms with van der Waals surface area (Å²) in [6, 6.07) is 13.2. The van der Waals surface area contributed by atoms with Gasteiger partial charge in [0.1, 0.15) is 11.5 Å². The lowest BCUT2D eigenvalue weighted by molar-refractivity contribution is -0.116. The molecule has 0 spiro atoms. The van der Waals surface area contributed by atoms with Crippen molar-refractivity contribution in [1.29, 1.82) is 0 Å². The molecule has 2 N–H and O–H groups in total. The molecule has 0 fully saturated rings. The highest BCUT2D eigenvalue weighted by Gasteiger charge is 2.07. The molecular formula is C19H21N3O3S. The van der Waals surface area contributed by atoms with E-state index in [1.54, 1.807) is 44.2 Å². The van der Waals surface area contributed by atoms with E-state index in [4.69, 9.17) is 9.47 Å². The zero-order valence-corrected chi connectivity index (χ0v) is 15.6. The number of aromatic nitrogens is 2. The number of hydrogen-bond donors (Lipinski definition) is 2. The van der Waals surface area contributed by atoms with Crippen molar-refractivity contribution in [3.8, 4) is 11.5 Å². The van der Waals surface area contributed by atoms with Gasteiger partial charge in [-0.15, -0.1) is 0 Å². The number of nitrogens with zero attached hydrogens (tertiary/aromatic N) is 1. The van der Waals surface area contributed by atoms with E-state index in [-0.39, 0.29) is 5.91 Å². The molecule has 1 aromatic heterocycles. The first kappa shape index (κ1) is 18.1. The Bertz CT molecular complexity index is 839. The predicted octanol–water partition coefficient (Wildman–Crippen LogP) is 4.09. The minimum atomic E-state index is -0.0366. The number of rotatable bonds is 8. The second-order valence-corrected chi connectivity index (χ2v) is 6.74. The lowest BCUT2D eigenvalue weighted by Crippen LogP contribution is -2.11. The average Bonchev–Trinajstić information content (AvgIpc) is 3.07. The smallest absolute Gasteiger partial charge is 0.224 e. The van der Waals surface area contributed by atoms with Gasteiger partial charge in [-0.2, -0.15) is 0 Å². The maximum absolute atomic E-state index is 12.1. The number of H-pyrrole nitrogens is 1. The lowest BCUT2D eigenvalue weighted by Gasteiger charge is -2.09. The fourth-order valence-electron chi connectivity index (χ4n) is 2.50. The Hall–Kier alpha value is -2.67. The number of carbonyl (C=O) groups excluding carboxylic acids is 1. The number of anilines is 1. The number of amides is 1. The van der Waals surface area contributed by atoms with E-state index in [0.717, 1.165) is 28.4 Å². The van der Waals surface area contributed by atoms with Gasteiger partial charge in [0.15, 0.2) is 5.16 Å². The first-order chi connectivity index (χ1) is 12.7. The minimum absolute atomic E-state index is 0.0366. The molecule has 2 aromatic carbocycles. The minimum Gasteiger partial charge on any atom is -0.497 e. The van der Waals surface area contributed by atoms with Gasteiger partial charge in [0.2, 0.25) is 5.91 Å². The molecule has 1 heterocycles. The number of aromatic amines is 1. The van der Waals surface area contributed by atoms with Gasteiger partial charge in [-0.05, 0) is 18.6 Å². The molecule has 0 radical (unpaired) electrons. The molecule has 26 heavy (non-hydrogen) atoms. The van der Waals surface area contributed by atoms with Gasteiger partial charge in [-0.1, -0.05) is 23.9 Å². The molecule has 0 aliphatic carbocycles. The highest BCUT2D eigenvalue weighted by Crippen LogP contribution is 2.26. The third-order valence-electron chi connectivity index (χ3n) is 3.79. The first-order valence-corrected chi connectivity index (χ1v) is 9.27. The van der Waals surface area contributed by atoms with Crippen LogP contribution >= 0.6 is 11.8 Å². The van der Waals surface area contributed by atoms with Gasteiger partial charge in [-0.3, -0.25) is 4.79 Å². The Morgan fingerprint density at radius 3 is 2.58 bits per heavy atom. The number of carbonyl (C=O) groups is 1. The monoisotopic (exact) mass is 371 g/mol. The van der Waals surface area contributed by atoms with Crippen molar-refractivity contribution >= 4 is 34.4 Å². The quantitative estimate of drug-likeness (QED) is 0.461. The van der Waals surface area contributed by atoms with E-state index in [1.807, 2.05) is 24.3 Å². The average molecular weight is 371 g/mol. The van der Waals surface area contributed by atoms with Crippen molar-refractivity contribution in [1.82, 2.24) is 9.97 Å². The molecule has 0 unspecified atom stereocenters. The van der Waals surface area contributed by atoms with Gasteiger partial charge in [0.05, 0.1) is 25.3 Å². The maximum Gasteiger partial charge on any atom is 0.224 e. The van der Waals surface area contributed by atoms with Crippen LogP contribution < -0.4 is 14.8 Å². The fourth-order valence-corrected chi connectivity index (χ4v) is 3.33. The summed E-state index contributed by atoms with van der Waals surface area (Å²) in [6.07, 6.45) is 1.20. The molecule has 0 bridgehead atoms. The van der Waals surface area contributed by atoms with Crippen molar-refractivity contribution in [2.75, 3.05) is 25.3 Å². The number of imidazole rings is 1. The molecule has 7 heteroatoms. The summed E-state index contributed by atoms with van der Waals surface area (Å²) in [5.74, 6) is 2.06. The number of nitrogens with one attached hydrogen (secondary N) is 2.